The molecule has 0 radical (unpaired) electrons. The second kappa shape index (κ2) is 10.1. The Kier molecular flexibility index (Phi) is 8.74. The summed E-state index contributed by atoms with van der Waals surface area (Å²) < 4.78 is 10.4. The minimum Gasteiger partial charge on any atom is -0.858 e. The van der Waals surface area contributed by atoms with Crippen molar-refractivity contribution in [3.8, 4) is 5.75 Å². The van der Waals surface area contributed by atoms with Crippen molar-refractivity contribution in [1.29, 1.82) is 0 Å². The van der Waals surface area contributed by atoms with Crippen LogP contribution in [-0.2, 0) is 0 Å². The second-order valence-electron chi connectivity index (χ2n) is 7.61. The first kappa shape index (κ1) is 25.0. The van der Waals surface area contributed by atoms with E-state index in [1.165, 1.54) is 0 Å². The highest BCUT2D eigenvalue weighted by atomic mass is 35.5. The highest BCUT2D eigenvalue weighted by molar-refractivity contribution is 5.92. The molecule has 0 bridgehead atoms. The highest BCUT2D eigenvalue weighted by Gasteiger charge is 2.41. The molecule has 1 aliphatic rings. The van der Waals surface area contributed by atoms with Crippen molar-refractivity contribution in [3.63, 3.8) is 0 Å². The monoisotopic (exact) mass is 445 g/mol. The Morgan fingerprint density at radius 1 is 1.24 bits per heavy atom. The minimum atomic E-state index is -0.384. The SMILES string of the molecule is COc1ccc(C([O-])=Nc2c[n+](N3CCN(C(C)C)CC3(C)C)no2)cc1.Cl.Cl. The van der Waals surface area contributed by atoms with Gasteiger partial charge in [0.25, 0.3) is 6.20 Å². The topological polar surface area (TPSA) is 81.0 Å². The average Bonchev–Trinajstić information content (AvgIpc) is 3.08. The predicted molar refractivity (Wildman–Crippen MR) is 114 cm³/mol. The molecule has 0 aliphatic carbocycles. The van der Waals surface area contributed by atoms with Gasteiger partial charge in [-0.1, -0.05) is 12.1 Å². The molecule has 1 aliphatic heterocycles. The van der Waals surface area contributed by atoms with Crippen molar-refractivity contribution in [2.75, 3.05) is 31.8 Å². The molecule has 0 N–H and O–H groups in total. The van der Waals surface area contributed by atoms with Gasteiger partial charge >= 0.3 is 5.88 Å². The maximum atomic E-state index is 12.3. The molecule has 2 aromatic rings. The van der Waals surface area contributed by atoms with E-state index in [0.29, 0.717) is 17.4 Å². The normalized spacial score (nSPS) is 16.9. The summed E-state index contributed by atoms with van der Waals surface area (Å²) in [5.74, 6) is 0.481. The Morgan fingerprint density at radius 3 is 2.45 bits per heavy atom. The van der Waals surface area contributed by atoms with Gasteiger partial charge in [-0.2, -0.15) is 0 Å². The molecular formula is C19H29Cl2N5O3. The molecule has 0 amide bonds. The third-order valence-electron chi connectivity index (χ3n) is 4.86. The molecule has 1 aromatic heterocycles. The largest absolute Gasteiger partial charge is 0.858 e. The Balaban J connectivity index is 0.00000210. The van der Waals surface area contributed by atoms with Crippen molar-refractivity contribution in [3.05, 3.63) is 36.0 Å². The van der Waals surface area contributed by atoms with Gasteiger partial charge in [0.15, 0.2) is 0 Å². The van der Waals surface area contributed by atoms with Gasteiger partial charge in [-0.05, 0) is 51.3 Å². The molecule has 29 heavy (non-hydrogen) atoms. The smallest absolute Gasteiger partial charge is 0.324 e. The third-order valence-corrected chi connectivity index (χ3v) is 4.86. The van der Waals surface area contributed by atoms with Gasteiger partial charge in [-0.25, -0.2) is 4.99 Å². The van der Waals surface area contributed by atoms with E-state index >= 15 is 0 Å². The number of ether oxygens (including phenoxy) is 1. The van der Waals surface area contributed by atoms with Crippen LogP contribution in [0.4, 0.5) is 5.88 Å². The van der Waals surface area contributed by atoms with Gasteiger partial charge in [0, 0.05) is 19.1 Å². The van der Waals surface area contributed by atoms with Crippen molar-refractivity contribution in [2.45, 2.75) is 39.3 Å². The van der Waals surface area contributed by atoms with Gasteiger partial charge in [0.2, 0.25) is 5.27 Å². The van der Waals surface area contributed by atoms with Gasteiger partial charge in [-0.15, -0.1) is 29.8 Å². The fraction of sp³-hybridized carbons (Fsp3) is 0.526. The van der Waals surface area contributed by atoms with Crippen molar-refractivity contribution in [2.24, 2.45) is 4.99 Å². The van der Waals surface area contributed by atoms with E-state index in [4.69, 9.17) is 9.26 Å². The summed E-state index contributed by atoms with van der Waals surface area (Å²) >= 11 is 0. The number of nitrogens with zero attached hydrogens (tertiary/aromatic N) is 5. The molecule has 1 saturated heterocycles. The van der Waals surface area contributed by atoms with Crippen LogP contribution in [0, 0.1) is 0 Å². The summed E-state index contributed by atoms with van der Waals surface area (Å²) in [6.45, 7) is 11.4. The number of methoxy groups -OCH3 is 1. The number of piperazine rings is 1. The summed E-state index contributed by atoms with van der Waals surface area (Å²) in [5.41, 5.74) is 0.339. The lowest BCUT2D eigenvalue weighted by molar-refractivity contribution is -0.766. The Hall–Kier alpha value is -2.03. The Bertz CT molecular complexity index is 808. The van der Waals surface area contributed by atoms with Crippen LogP contribution in [0.5, 0.6) is 5.75 Å². The zero-order valence-electron chi connectivity index (χ0n) is 17.4. The van der Waals surface area contributed by atoms with Crippen LogP contribution >= 0.6 is 24.8 Å². The number of hydrogen-bond donors (Lipinski definition) is 0. The summed E-state index contributed by atoms with van der Waals surface area (Å²) in [7, 11) is 1.58. The van der Waals surface area contributed by atoms with Gasteiger partial charge in [0.05, 0.1) is 18.4 Å². The number of benzene rings is 1. The Morgan fingerprint density at radius 2 is 1.90 bits per heavy atom. The lowest BCUT2D eigenvalue weighted by Gasteiger charge is -2.43. The molecule has 1 fully saturated rings. The van der Waals surface area contributed by atoms with Crippen molar-refractivity contribution >= 4 is 36.6 Å². The maximum absolute atomic E-state index is 12.3. The molecule has 8 nitrogen and oxygen atoms in total. The quantitative estimate of drug-likeness (QED) is 0.395. The standard InChI is InChI=1S/C19H27N5O3.2ClH/c1-14(2)22-10-11-23(19(3,4)13-22)24-12-17(27-21-24)20-18(25)15-6-8-16(26-5)9-7-15;;/h6-9,12,14H,10-11,13H2,1-5H3;2*1H. The predicted octanol–water partition coefficient (Wildman–Crippen LogP) is 1.69. The van der Waals surface area contributed by atoms with Crippen LogP contribution in [0.15, 0.2) is 40.0 Å². The van der Waals surface area contributed by atoms with Gasteiger partial charge < -0.3 is 9.84 Å². The van der Waals surface area contributed by atoms with E-state index in [0.717, 1.165) is 19.6 Å². The van der Waals surface area contributed by atoms with Crippen LogP contribution in [0.25, 0.3) is 0 Å². The number of halogens is 2. The van der Waals surface area contributed by atoms with Crippen LogP contribution < -0.4 is 19.6 Å². The third kappa shape index (κ3) is 5.74. The molecule has 0 spiro atoms. The number of hydrogen-bond acceptors (Lipinski definition) is 7. The molecular weight excluding hydrogens is 417 g/mol. The van der Waals surface area contributed by atoms with Gasteiger partial charge in [-0.3, -0.25) is 9.42 Å². The fourth-order valence-electron chi connectivity index (χ4n) is 3.29. The van der Waals surface area contributed by atoms with E-state index in [1.54, 1.807) is 42.4 Å². The van der Waals surface area contributed by atoms with Crippen LogP contribution in [0.2, 0.25) is 0 Å². The zero-order valence-corrected chi connectivity index (χ0v) is 19.0. The minimum absolute atomic E-state index is 0. The van der Waals surface area contributed by atoms with E-state index in [9.17, 15) is 5.11 Å². The Labute approximate surface area is 183 Å². The number of aromatic nitrogens is 2. The number of aliphatic imine (C=N–C) groups is 1. The molecule has 1 aromatic carbocycles. The first-order chi connectivity index (χ1) is 12.8. The zero-order chi connectivity index (χ0) is 19.6. The summed E-state index contributed by atoms with van der Waals surface area (Å²) in [5, 5.41) is 18.5. The van der Waals surface area contributed by atoms with E-state index in [2.05, 4.69) is 47.9 Å². The van der Waals surface area contributed by atoms with E-state index < -0.39 is 0 Å². The molecule has 0 atom stereocenters. The van der Waals surface area contributed by atoms with Crippen LogP contribution in [0.3, 0.4) is 0 Å². The lowest BCUT2D eigenvalue weighted by atomic mass is 10.00. The molecule has 162 valence electrons. The molecule has 0 unspecified atom stereocenters. The maximum Gasteiger partial charge on any atom is 0.324 e. The van der Waals surface area contributed by atoms with E-state index in [1.807, 2.05) is 0 Å². The summed E-state index contributed by atoms with van der Waals surface area (Å²) in [6, 6.07) is 7.29. The summed E-state index contributed by atoms with van der Waals surface area (Å²) in [4.78, 5) is 8.12. The van der Waals surface area contributed by atoms with Crippen molar-refractivity contribution < 1.29 is 19.2 Å². The van der Waals surface area contributed by atoms with Crippen LogP contribution in [0.1, 0.15) is 33.3 Å². The molecule has 10 heteroatoms. The average molecular weight is 446 g/mol. The molecule has 2 heterocycles. The first-order valence-electron chi connectivity index (χ1n) is 9.11. The fourth-order valence-corrected chi connectivity index (χ4v) is 3.29. The second-order valence-corrected chi connectivity index (χ2v) is 7.61. The van der Waals surface area contributed by atoms with E-state index in [-0.39, 0.29) is 42.1 Å². The molecule has 0 saturated carbocycles. The van der Waals surface area contributed by atoms with Gasteiger partial charge in [0.1, 0.15) is 11.3 Å². The number of rotatable bonds is 5. The highest BCUT2D eigenvalue weighted by Crippen LogP contribution is 2.19. The molecule has 3 rings (SSSR count). The summed E-state index contributed by atoms with van der Waals surface area (Å²) in [6.07, 6.45) is 1.65. The lowest BCUT2D eigenvalue weighted by Crippen LogP contribution is -2.74. The van der Waals surface area contributed by atoms with Crippen molar-refractivity contribution in [1.82, 2.24) is 10.2 Å². The first-order valence-corrected chi connectivity index (χ1v) is 9.11. The van der Waals surface area contributed by atoms with Crippen LogP contribution in [-0.4, -0.2) is 54.4 Å².